The number of aromatic carboxylic acids is 1. The number of halogens is 3. The molecular formula is C15H9F3N4O3. The Bertz CT molecular complexity index is 890. The van der Waals surface area contributed by atoms with Gasteiger partial charge in [0.1, 0.15) is 12.0 Å². The van der Waals surface area contributed by atoms with Crippen LogP contribution in [0.5, 0.6) is 0 Å². The number of carboxylic acid groups (broad SMARTS) is 1. The molecule has 0 radical (unpaired) electrons. The molecule has 10 heteroatoms. The smallest absolute Gasteiger partial charge is 0.416 e. The average molecular weight is 350 g/mol. The highest BCUT2D eigenvalue weighted by Gasteiger charge is 2.30. The minimum Gasteiger partial charge on any atom is -0.476 e. The van der Waals surface area contributed by atoms with Gasteiger partial charge in [0.25, 0.3) is 0 Å². The SMILES string of the molecule is O=C(O)c1ccc(Nc2nc(-c3ccc(C(F)(F)F)cc3)co2)nn1. The molecule has 0 spiro atoms. The molecular weight excluding hydrogens is 341 g/mol. The van der Waals surface area contributed by atoms with Gasteiger partial charge in [-0.15, -0.1) is 10.2 Å². The highest BCUT2D eigenvalue weighted by Crippen LogP contribution is 2.31. The first-order valence-electron chi connectivity index (χ1n) is 6.80. The predicted molar refractivity (Wildman–Crippen MR) is 79.2 cm³/mol. The van der Waals surface area contributed by atoms with Gasteiger partial charge in [0.05, 0.1) is 5.56 Å². The van der Waals surface area contributed by atoms with E-state index in [0.717, 1.165) is 12.1 Å². The fraction of sp³-hybridized carbons (Fsp3) is 0.0667. The van der Waals surface area contributed by atoms with E-state index in [4.69, 9.17) is 9.52 Å². The number of alkyl halides is 3. The summed E-state index contributed by atoms with van der Waals surface area (Å²) in [5.74, 6) is -1.01. The summed E-state index contributed by atoms with van der Waals surface area (Å²) < 4.78 is 42.8. The van der Waals surface area contributed by atoms with E-state index < -0.39 is 17.7 Å². The second kappa shape index (κ2) is 6.23. The van der Waals surface area contributed by atoms with Gasteiger partial charge in [0, 0.05) is 5.56 Å². The Labute approximate surface area is 138 Å². The third kappa shape index (κ3) is 3.74. The van der Waals surface area contributed by atoms with Gasteiger partial charge in [0.15, 0.2) is 11.5 Å². The van der Waals surface area contributed by atoms with E-state index >= 15 is 0 Å². The molecule has 2 aromatic heterocycles. The summed E-state index contributed by atoms with van der Waals surface area (Å²) >= 11 is 0. The first-order valence-corrected chi connectivity index (χ1v) is 6.80. The molecule has 0 unspecified atom stereocenters. The van der Waals surface area contributed by atoms with Crippen LogP contribution in [0, 0.1) is 0 Å². The number of carbonyl (C=O) groups is 1. The van der Waals surface area contributed by atoms with Gasteiger partial charge in [-0.3, -0.25) is 5.32 Å². The lowest BCUT2D eigenvalue weighted by Crippen LogP contribution is -2.04. The molecule has 0 atom stereocenters. The van der Waals surface area contributed by atoms with Crippen molar-refractivity contribution >= 4 is 17.8 Å². The van der Waals surface area contributed by atoms with Crippen molar-refractivity contribution in [2.24, 2.45) is 0 Å². The summed E-state index contributed by atoms with van der Waals surface area (Å²) in [5.41, 5.74) is -0.210. The standard InChI is InChI=1S/C15H9F3N4O3/c16-15(17,18)9-3-1-8(2-4-9)11-7-25-14(19-11)20-12-6-5-10(13(23)24)21-22-12/h1-7H,(H,23,24)(H,19,20,22). The molecule has 3 aromatic rings. The molecule has 0 aliphatic carbocycles. The quantitative estimate of drug-likeness (QED) is 0.741. The molecule has 1 aromatic carbocycles. The number of rotatable bonds is 4. The van der Waals surface area contributed by atoms with E-state index in [-0.39, 0.29) is 17.5 Å². The van der Waals surface area contributed by atoms with Gasteiger partial charge in [0.2, 0.25) is 0 Å². The highest BCUT2D eigenvalue weighted by atomic mass is 19.4. The minimum atomic E-state index is -4.41. The summed E-state index contributed by atoms with van der Waals surface area (Å²) in [6.45, 7) is 0. The van der Waals surface area contributed by atoms with Crippen LogP contribution < -0.4 is 5.32 Å². The minimum absolute atomic E-state index is 0.0345. The molecule has 25 heavy (non-hydrogen) atoms. The molecule has 0 saturated heterocycles. The van der Waals surface area contributed by atoms with Crippen LogP contribution in [0.25, 0.3) is 11.3 Å². The van der Waals surface area contributed by atoms with Crippen molar-refractivity contribution in [3.8, 4) is 11.3 Å². The Hall–Kier alpha value is -3.43. The number of oxazole rings is 1. The Morgan fingerprint density at radius 3 is 2.36 bits per heavy atom. The maximum Gasteiger partial charge on any atom is 0.416 e. The first kappa shape index (κ1) is 16.4. The summed E-state index contributed by atoms with van der Waals surface area (Å²) in [7, 11) is 0. The van der Waals surface area contributed by atoms with Crippen LogP contribution in [0.15, 0.2) is 47.1 Å². The molecule has 128 valence electrons. The molecule has 0 bridgehead atoms. The van der Waals surface area contributed by atoms with Crippen molar-refractivity contribution < 1.29 is 27.5 Å². The van der Waals surface area contributed by atoms with Crippen LogP contribution in [-0.4, -0.2) is 26.3 Å². The molecule has 3 rings (SSSR count). The Morgan fingerprint density at radius 1 is 1.08 bits per heavy atom. The molecule has 0 aliphatic rings. The van der Waals surface area contributed by atoms with Gasteiger partial charge in [-0.2, -0.15) is 18.2 Å². The van der Waals surface area contributed by atoms with Crippen molar-refractivity contribution in [2.75, 3.05) is 5.32 Å². The van der Waals surface area contributed by atoms with Crippen LogP contribution in [0.1, 0.15) is 16.1 Å². The number of carboxylic acids is 1. The van der Waals surface area contributed by atoms with E-state index in [2.05, 4.69) is 20.5 Å². The molecule has 0 amide bonds. The van der Waals surface area contributed by atoms with Crippen molar-refractivity contribution in [3.05, 3.63) is 53.9 Å². The van der Waals surface area contributed by atoms with Crippen LogP contribution in [0.2, 0.25) is 0 Å². The summed E-state index contributed by atoms with van der Waals surface area (Å²) in [4.78, 5) is 14.8. The van der Waals surface area contributed by atoms with Crippen LogP contribution in [-0.2, 0) is 6.18 Å². The third-order valence-electron chi connectivity index (χ3n) is 3.13. The van der Waals surface area contributed by atoms with Gasteiger partial charge in [-0.1, -0.05) is 12.1 Å². The lowest BCUT2D eigenvalue weighted by Gasteiger charge is -2.06. The second-order valence-corrected chi connectivity index (χ2v) is 4.85. The Balaban J connectivity index is 1.75. The second-order valence-electron chi connectivity index (χ2n) is 4.85. The van der Waals surface area contributed by atoms with Crippen molar-refractivity contribution in [1.82, 2.24) is 15.2 Å². The zero-order chi connectivity index (χ0) is 18.0. The van der Waals surface area contributed by atoms with Crippen LogP contribution in [0.3, 0.4) is 0 Å². The fourth-order valence-corrected chi connectivity index (χ4v) is 1.92. The fourth-order valence-electron chi connectivity index (χ4n) is 1.92. The number of benzene rings is 1. The number of nitrogens with one attached hydrogen (secondary N) is 1. The van der Waals surface area contributed by atoms with E-state index in [9.17, 15) is 18.0 Å². The van der Waals surface area contributed by atoms with E-state index in [1.54, 1.807) is 0 Å². The Kier molecular flexibility index (Phi) is 4.09. The van der Waals surface area contributed by atoms with Crippen molar-refractivity contribution in [2.45, 2.75) is 6.18 Å². The molecule has 7 nitrogen and oxygen atoms in total. The maximum atomic E-state index is 12.6. The van der Waals surface area contributed by atoms with E-state index in [1.807, 2.05) is 0 Å². The largest absolute Gasteiger partial charge is 0.476 e. The molecule has 2 N–H and O–H groups in total. The number of aromatic nitrogens is 3. The van der Waals surface area contributed by atoms with Crippen molar-refractivity contribution in [3.63, 3.8) is 0 Å². The lowest BCUT2D eigenvalue weighted by atomic mass is 10.1. The number of nitrogens with zero attached hydrogens (tertiary/aromatic N) is 3. The molecule has 2 heterocycles. The van der Waals surface area contributed by atoms with E-state index in [0.29, 0.717) is 11.3 Å². The highest BCUT2D eigenvalue weighted by molar-refractivity contribution is 5.85. The van der Waals surface area contributed by atoms with Gasteiger partial charge < -0.3 is 9.52 Å². The van der Waals surface area contributed by atoms with Gasteiger partial charge >= 0.3 is 18.2 Å². The summed E-state index contributed by atoms with van der Waals surface area (Å²) in [5, 5.41) is 18.5. The number of anilines is 2. The van der Waals surface area contributed by atoms with Crippen LogP contribution >= 0.6 is 0 Å². The van der Waals surface area contributed by atoms with Gasteiger partial charge in [-0.25, -0.2) is 4.79 Å². The van der Waals surface area contributed by atoms with Crippen molar-refractivity contribution in [1.29, 1.82) is 0 Å². The number of hydrogen-bond donors (Lipinski definition) is 2. The predicted octanol–water partition coefficient (Wildman–Crippen LogP) is 3.59. The number of hydrogen-bond acceptors (Lipinski definition) is 6. The molecule has 0 fully saturated rings. The lowest BCUT2D eigenvalue weighted by molar-refractivity contribution is -0.137. The Morgan fingerprint density at radius 2 is 1.80 bits per heavy atom. The summed E-state index contributed by atoms with van der Waals surface area (Å²) in [6, 6.07) is 7.13. The third-order valence-corrected chi connectivity index (χ3v) is 3.13. The zero-order valence-electron chi connectivity index (χ0n) is 12.3. The topological polar surface area (TPSA) is 101 Å². The molecule has 0 aliphatic heterocycles. The van der Waals surface area contributed by atoms with E-state index in [1.165, 1.54) is 30.5 Å². The monoisotopic (exact) mass is 350 g/mol. The average Bonchev–Trinajstić information content (AvgIpc) is 3.03. The zero-order valence-corrected chi connectivity index (χ0v) is 12.3. The molecule has 0 saturated carbocycles. The summed E-state index contributed by atoms with van der Waals surface area (Å²) in [6.07, 6.45) is -3.14. The van der Waals surface area contributed by atoms with Crippen LogP contribution in [0.4, 0.5) is 25.0 Å². The maximum absolute atomic E-state index is 12.6. The first-order chi connectivity index (χ1) is 11.8. The normalized spacial score (nSPS) is 11.3. The van der Waals surface area contributed by atoms with Gasteiger partial charge in [-0.05, 0) is 24.3 Å².